The molecule has 1 aromatic carbocycles. The molecule has 0 spiro atoms. The molecule has 1 aliphatic carbocycles. The minimum absolute atomic E-state index is 0.0585. The van der Waals surface area contributed by atoms with Gasteiger partial charge in [-0.2, -0.15) is 0 Å². The van der Waals surface area contributed by atoms with Gasteiger partial charge >= 0.3 is 5.97 Å². The SMILES string of the molecule is Cc1ccccc1C(C)(C(=O)O)N(C=O)C1CC1. The van der Waals surface area contributed by atoms with Crippen LogP contribution in [-0.4, -0.2) is 28.4 Å². The van der Waals surface area contributed by atoms with Crippen molar-refractivity contribution in [3.8, 4) is 0 Å². The van der Waals surface area contributed by atoms with Crippen LogP contribution in [0, 0.1) is 6.92 Å². The number of carboxylic acids is 1. The molecule has 1 saturated carbocycles. The lowest BCUT2D eigenvalue weighted by Crippen LogP contribution is -2.50. The van der Waals surface area contributed by atoms with E-state index in [0.29, 0.717) is 12.0 Å². The Morgan fingerprint density at radius 1 is 1.44 bits per heavy atom. The van der Waals surface area contributed by atoms with E-state index in [2.05, 4.69) is 0 Å². The molecule has 1 atom stereocenters. The molecule has 96 valence electrons. The third kappa shape index (κ3) is 1.88. The maximum atomic E-state index is 11.7. The van der Waals surface area contributed by atoms with Crippen LogP contribution in [-0.2, 0) is 15.1 Å². The first-order valence-electron chi connectivity index (χ1n) is 6.05. The second-order valence-corrected chi connectivity index (χ2v) is 4.94. The molecule has 0 heterocycles. The largest absolute Gasteiger partial charge is 0.479 e. The Balaban J connectivity index is 2.53. The number of benzene rings is 1. The molecule has 0 bridgehead atoms. The smallest absolute Gasteiger partial charge is 0.334 e. The number of nitrogens with zero attached hydrogens (tertiary/aromatic N) is 1. The van der Waals surface area contributed by atoms with Crippen molar-refractivity contribution < 1.29 is 14.7 Å². The fourth-order valence-electron chi connectivity index (χ4n) is 2.39. The second-order valence-electron chi connectivity index (χ2n) is 4.94. The van der Waals surface area contributed by atoms with E-state index in [1.807, 2.05) is 19.1 Å². The number of aryl methyl sites for hydroxylation is 1. The molecule has 4 nitrogen and oxygen atoms in total. The highest BCUT2D eigenvalue weighted by Crippen LogP contribution is 2.38. The Morgan fingerprint density at radius 2 is 2.06 bits per heavy atom. The van der Waals surface area contributed by atoms with Gasteiger partial charge in [-0.25, -0.2) is 4.79 Å². The number of hydrogen-bond acceptors (Lipinski definition) is 2. The van der Waals surface area contributed by atoms with Crippen LogP contribution in [0.1, 0.15) is 30.9 Å². The maximum absolute atomic E-state index is 11.7. The standard InChI is InChI=1S/C14H17NO3/c1-10-5-3-4-6-12(10)14(2,13(17)18)15(9-16)11-7-8-11/h3-6,9,11H,7-8H2,1-2H3,(H,17,18). The monoisotopic (exact) mass is 247 g/mol. The van der Waals surface area contributed by atoms with E-state index in [-0.39, 0.29) is 6.04 Å². The molecule has 1 fully saturated rings. The summed E-state index contributed by atoms with van der Waals surface area (Å²) in [7, 11) is 0. The van der Waals surface area contributed by atoms with Crippen molar-refractivity contribution in [2.24, 2.45) is 0 Å². The minimum Gasteiger partial charge on any atom is -0.479 e. The van der Waals surface area contributed by atoms with E-state index in [1.165, 1.54) is 4.90 Å². The van der Waals surface area contributed by atoms with Gasteiger partial charge < -0.3 is 10.0 Å². The Bertz CT molecular complexity index is 482. The summed E-state index contributed by atoms with van der Waals surface area (Å²) in [5.41, 5.74) is 0.278. The van der Waals surface area contributed by atoms with Gasteiger partial charge in [0.1, 0.15) is 0 Å². The summed E-state index contributed by atoms with van der Waals surface area (Å²) in [5, 5.41) is 9.59. The summed E-state index contributed by atoms with van der Waals surface area (Å²) >= 11 is 0. The molecule has 1 N–H and O–H groups in total. The molecule has 18 heavy (non-hydrogen) atoms. The van der Waals surface area contributed by atoms with Crippen molar-refractivity contribution in [3.63, 3.8) is 0 Å². The highest BCUT2D eigenvalue weighted by atomic mass is 16.4. The van der Waals surface area contributed by atoms with Crippen molar-refractivity contribution in [1.29, 1.82) is 0 Å². The van der Waals surface area contributed by atoms with Crippen molar-refractivity contribution >= 4 is 12.4 Å². The van der Waals surface area contributed by atoms with E-state index >= 15 is 0 Å². The summed E-state index contributed by atoms with van der Waals surface area (Å²) in [6.45, 7) is 3.47. The molecule has 1 unspecified atom stereocenters. The van der Waals surface area contributed by atoms with E-state index in [9.17, 15) is 14.7 Å². The summed E-state index contributed by atoms with van der Waals surface area (Å²) in [6.07, 6.45) is 2.43. The van der Waals surface area contributed by atoms with Crippen LogP contribution in [0.25, 0.3) is 0 Å². The summed E-state index contributed by atoms with van der Waals surface area (Å²) in [4.78, 5) is 24.4. The van der Waals surface area contributed by atoms with E-state index in [0.717, 1.165) is 18.4 Å². The van der Waals surface area contributed by atoms with Crippen LogP contribution in [0.15, 0.2) is 24.3 Å². The van der Waals surface area contributed by atoms with Crippen LogP contribution < -0.4 is 0 Å². The van der Waals surface area contributed by atoms with Crippen LogP contribution in [0.2, 0.25) is 0 Å². The summed E-state index contributed by atoms with van der Waals surface area (Å²) in [5.74, 6) is -0.990. The van der Waals surface area contributed by atoms with E-state index in [4.69, 9.17) is 0 Å². The molecule has 4 heteroatoms. The fourth-order valence-corrected chi connectivity index (χ4v) is 2.39. The van der Waals surface area contributed by atoms with E-state index < -0.39 is 11.5 Å². The van der Waals surface area contributed by atoms with Gasteiger partial charge in [0.25, 0.3) is 0 Å². The fraction of sp³-hybridized carbons (Fsp3) is 0.429. The summed E-state index contributed by atoms with van der Waals surface area (Å²) in [6, 6.07) is 7.38. The number of carbonyl (C=O) groups is 2. The predicted octanol–water partition coefficient (Wildman–Crippen LogP) is 1.92. The first-order chi connectivity index (χ1) is 8.51. The molecule has 2 rings (SSSR count). The third-order valence-electron chi connectivity index (χ3n) is 3.66. The molecule has 0 saturated heterocycles. The van der Waals surface area contributed by atoms with Crippen LogP contribution in [0.5, 0.6) is 0 Å². The van der Waals surface area contributed by atoms with Gasteiger partial charge in [-0.05, 0) is 37.8 Å². The zero-order valence-corrected chi connectivity index (χ0v) is 10.6. The highest BCUT2D eigenvalue weighted by Gasteiger charge is 2.47. The number of rotatable bonds is 5. The predicted molar refractivity (Wildman–Crippen MR) is 67.1 cm³/mol. The Morgan fingerprint density at radius 3 is 2.50 bits per heavy atom. The maximum Gasteiger partial charge on any atom is 0.334 e. The lowest BCUT2D eigenvalue weighted by atomic mass is 9.87. The van der Waals surface area contributed by atoms with Crippen molar-refractivity contribution in [3.05, 3.63) is 35.4 Å². The molecule has 1 aliphatic rings. The second kappa shape index (κ2) is 4.44. The minimum atomic E-state index is -1.28. The number of amides is 1. The van der Waals surface area contributed by atoms with Gasteiger partial charge in [0.15, 0.2) is 5.54 Å². The average Bonchev–Trinajstić information content (AvgIpc) is 3.14. The number of aliphatic carboxylic acids is 1. The lowest BCUT2D eigenvalue weighted by molar-refractivity contribution is -0.155. The topological polar surface area (TPSA) is 57.6 Å². The molecule has 1 aromatic rings. The molecule has 0 aliphatic heterocycles. The lowest BCUT2D eigenvalue weighted by Gasteiger charge is -2.36. The zero-order valence-electron chi connectivity index (χ0n) is 10.6. The Labute approximate surface area is 106 Å². The molecule has 1 amide bonds. The number of carboxylic acid groups (broad SMARTS) is 1. The highest BCUT2D eigenvalue weighted by molar-refractivity contribution is 5.83. The first-order valence-corrected chi connectivity index (χ1v) is 6.05. The molecule has 0 aromatic heterocycles. The van der Waals surface area contributed by atoms with Crippen molar-refractivity contribution in [1.82, 2.24) is 4.90 Å². The molecular weight excluding hydrogens is 230 g/mol. The van der Waals surface area contributed by atoms with Gasteiger partial charge in [0, 0.05) is 6.04 Å². The van der Waals surface area contributed by atoms with Gasteiger partial charge in [-0.15, -0.1) is 0 Å². The Kier molecular flexibility index (Phi) is 3.11. The molecular formula is C14H17NO3. The van der Waals surface area contributed by atoms with Crippen molar-refractivity contribution in [2.45, 2.75) is 38.3 Å². The van der Waals surface area contributed by atoms with Gasteiger partial charge in [0.05, 0.1) is 0 Å². The van der Waals surface area contributed by atoms with Crippen LogP contribution in [0.4, 0.5) is 0 Å². The van der Waals surface area contributed by atoms with Crippen LogP contribution in [0.3, 0.4) is 0 Å². The summed E-state index contributed by atoms with van der Waals surface area (Å²) < 4.78 is 0. The molecule has 0 radical (unpaired) electrons. The number of hydrogen-bond donors (Lipinski definition) is 1. The first kappa shape index (κ1) is 12.6. The van der Waals surface area contributed by atoms with E-state index in [1.54, 1.807) is 19.1 Å². The average molecular weight is 247 g/mol. The normalized spacial score (nSPS) is 17.9. The quantitative estimate of drug-likeness (QED) is 0.809. The third-order valence-corrected chi connectivity index (χ3v) is 3.66. The van der Waals surface area contributed by atoms with Gasteiger partial charge in [0.2, 0.25) is 6.41 Å². The van der Waals surface area contributed by atoms with Gasteiger partial charge in [-0.1, -0.05) is 24.3 Å². The Hall–Kier alpha value is -1.84. The van der Waals surface area contributed by atoms with Gasteiger partial charge in [-0.3, -0.25) is 4.79 Å². The van der Waals surface area contributed by atoms with Crippen molar-refractivity contribution in [2.75, 3.05) is 0 Å². The zero-order chi connectivity index (χ0) is 13.3. The number of carbonyl (C=O) groups excluding carboxylic acids is 1. The van der Waals surface area contributed by atoms with Crippen LogP contribution >= 0.6 is 0 Å².